The van der Waals surface area contributed by atoms with Crippen LogP contribution in [-0.4, -0.2) is 26.2 Å². The van der Waals surface area contributed by atoms with Gasteiger partial charge in [-0.05, 0) is 24.6 Å². The first-order valence-electron chi connectivity index (χ1n) is 6.57. The zero-order chi connectivity index (χ0) is 15.7. The van der Waals surface area contributed by atoms with Gasteiger partial charge in [0.05, 0.1) is 11.3 Å². The van der Waals surface area contributed by atoms with Crippen molar-refractivity contribution in [3.63, 3.8) is 0 Å². The quantitative estimate of drug-likeness (QED) is 0.762. The summed E-state index contributed by atoms with van der Waals surface area (Å²) in [4.78, 5) is 32.0. The van der Waals surface area contributed by atoms with Gasteiger partial charge in [-0.3, -0.25) is 14.0 Å². The predicted molar refractivity (Wildman–Crippen MR) is 80.6 cm³/mol. The van der Waals surface area contributed by atoms with Crippen molar-refractivity contribution < 1.29 is 9.59 Å². The Hall–Kier alpha value is -3.22. The van der Waals surface area contributed by atoms with Gasteiger partial charge in [-0.2, -0.15) is 0 Å². The molecule has 1 aromatic carbocycles. The molecule has 0 radical (unpaired) electrons. The Morgan fingerprint density at radius 1 is 1.27 bits per heavy atom. The minimum absolute atomic E-state index is 0.204. The van der Waals surface area contributed by atoms with E-state index in [9.17, 15) is 9.59 Å². The van der Waals surface area contributed by atoms with Crippen LogP contribution in [0.25, 0.3) is 5.78 Å². The van der Waals surface area contributed by atoms with Crippen molar-refractivity contribution >= 4 is 23.3 Å². The Morgan fingerprint density at radius 3 is 2.82 bits per heavy atom. The van der Waals surface area contributed by atoms with Crippen LogP contribution in [0.1, 0.15) is 26.4 Å². The monoisotopic (exact) mass is 295 g/mol. The summed E-state index contributed by atoms with van der Waals surface area (Å²) in [6.07, 6.45) is 4.90. The van der Waals surface area contributed by atoms with Crippen molar-refractivity contribution in [2.45, 2.75) is 6.92 Å². The lowest BCUT2D eigenvalue weighted by molar-refractivity contribution is 0.100. The lowest BCUT2D eigenvalue weighted by Crippen LogP contribution is -2.19. The highest BCUT2D eigenvalue weighted by molar-refractivity contribution is 6.08. The number of primary amides is 1. The Morgan fingerprint density at radius 2 is 2.09 bits per heavy atom. The van der Waals surface area contributed by atoms with Crippen LogP contribution in [0.5, 0.6) is 0 Å². The van der Waals surface area contributed by atoms with E-state index in [0.717, 1.165) is 0 Å². The van der Waals surface area contributed by atoms with Crippen LogP contribution in [-0.2, 0) is 0 Å². The summed E-state index contributed by atoms with van der Waals surface area (Å²) in [5, 5.41) is 2.67. The van der Waals surface area contributed by atoms with E-state index in [0.29, 0.717) is 17.0 Å². The van der Waals surface area contributed by atoms with Crippen LogP contribution in [0.4, 0.5) is 5.69 Å². The first-order chi connectivity index (χ1) is 10.6. The molecule has 2 amide bonds. The third-order valence-electron chi connectivity index (χ3n) is 3.24. The van der Waals surface area contributed by atoms with Crippen LogP contribution < -0.4 is 11.1 Å². The second-order valence-electron chi connectivity index (χ2n) is 4.77. The zero-order valence-corrected chi connectivity index (χ0v) is 11.8. The number of nitrogens with two attached hydrogens (primary N) is 1. The molecule has 7 nitrogen and oxygen atoms in total. The highest BCUT2D eigenvalue weighted by Crippen LogP contribution is 2.19. The summed E-state index contributed by atoms with van der Waals surface area (Å²) in [7, 11) is 0. The fourth-order valence-electron chi connectivity index (χ4n) is 2.22. The standard InChI is InChI=1S/C15H13N5O2/c1-9-4-2-5-10(12(9)13(16)21)18-14(22)11-8-20-7-3-6-17-15(20)19-11/h2-8H,1H3,(H2,16,21)(H,18,22). The molecule has 0 aliphatic heterocycles. The van der Waals surface area contributed by atoms with Gasteiger partial charge in [-0.1, -0.05) is 12.1 Å². The van der Waals surface area contributed by atoms with Crippen LogP contribution >= 0.6 is 0 Å². The van der Waals surface area contributed by atoms with Gasteiger partial charge in [0.15, 0.2) is 0 Å². The number of imidazole rings is 1. The second-order valence-corrected chi connectivity index (χ2v) is 4.77. The summed E-state index contributed by atoms with van der Waals surface area (Å²) in [6, 6.07) is 6.86. The maximum absolute atomic E-state index is 12.3. The number of nitrogens with one attached hydrogen (secondary N) is 1. The van der Waals surface area contributed by atoms with Crippen LogP contribution in [0.15, 0.2) is 42.9 Å². The summed E-state index contributed by atoms with van der Waals surface area (Å²) < 4.78 is 1.64. The smallest absolute Gasteiger partial charge is 0.275 e. The third-order valence-corrected chi connectivity index (χ3v) is 3.24. The fraction of sp³-hybridized carbons (Fsp3) is 0.0667. The van der Waals surface area contributed by atoms with Crippen LogP contribution in [0, 0.1) is 6.92 Å². The molecule has 3 aromatic rings. The van der Waals surface area contributed by atoms with Gasteiger partial charge >= 0.3 is 0 Å². The number of carbonyl (C=O) groups is 2. The van der Waals surface area contributed by atoms with E-state index in [1.807, 2.05) is 0 Å². The molecule has 0 unspecified atom stereocenters. The SMILES string of the molecule is Cc1cccc(NC(=O)c2cn3cccnc3n2)c1C(N)=O. The number of anilines is 1. The molecule has 0 fully saturated rings. The lowest BCUT2D eigenvalue weighted by Gasteiger charge is -2.10. The molecule has 2 aromatic heterocycles. The number of aryl methyl sites for hydroxylation is 1. The van der Waals surface area contributed by atoms with Crippen LogP contribution in [0.3, 0.4) is 0 Å². The maximum Gasteiger partial charge on any atom is 0.275 e. The van der Waals surface area contributed by atoms with Gasteiger partial charge in [0.25, 0.3) is 11.8 Å². The molecule has 0 aliphatic rings. The lowest BCUT2D eigenvalue weighted by atomic mass is 10.1. The molecule has 0 spiro atoms. The Kier molecular flexibility index (Phi) is 3.30. The minimum atomic E-state index is -0.593. The summed E-state index contributed by atoms with van der Waals surface area (Å²) in [5.41, 5.74) is 6.92. The molecule has 0 atom stereocenters. The normalized spacial score (nSPS) is 10.6. The van der Waals surface area contributed by atoms with Crippen molar-refractivity contribution in [1.82, 2.24) is 14.4 Å². The number of aromatic nitrogens is 3. The van der Waals surface area contributed by atoms with E-state index in [1.165, 1.54) is 0 Å². The van der Waals surface area contributed by atoms with Crippen molar-refractivity contribution in [1.29, 1.82) is 0 Å². The van der Waals surface area contributed by atoms with E-state index >= 15 is 0 Å². The van der Waals surface area contributed by atoms with Gasteiger partial charge in [-0.15, -0.1) is 0 Å². The second kappa shape index (κ2) is 5.28. The summed E-state index contributed by atoms with van der Waals surface area (Å²) >= 11 is 0. The van der Waals surface area contributed by atoms with Crippen molar-refractivity contribution in [3.8, 4) is 0 Å². The number of hydrogen-bond acceptors (Lipinski definition) is 4. The first-order valence-corrected chi connectivity index (χ1v) is 6.57. The van der Waals surface area contributed by atoms with E-state index in [-0.39, 0.29) is 11.3 Å². The minimum Gasteiger partial charge on any atom is -0.366 e. The molecule has 0 saturated carbocycles. The van der Waals surface area contributed by atoms with E-state index in [4.69, 9.17) is 5.73 Å². The van der Waals surface area contributed by atoms with Gasteiger partial charge in [0, 0.05) is 18.6 Å². The molecule has 0 saturated heterocycles. The molecule has 7 heteroatoms. The van der Waals surface area contributed by atoms with Crippen LogP contribution in [0.2, 0.25) is 0 Å². The van der Waals surface area contributed by atoms with Crippen molar-refractivity contribution in [3.05, 3.63) is 59.7 Å². The Labute approximate surface area is 125 Å². The fourth-order valence-corrected chi connectivity index (χ4v) is 2.22. The van der Waals surface area contributed by atoms with Gasteiger partial charge < -0.3 is 11.1 Å². The number of benzene rings is 1. The third kappa shape index (κ3) is 2.39. The Balaban J connectivity index is 1.94. The van der Waals surface area contributed by atoms with Crippen molar-refractivity contribution in [2.75, 3.05) is 5.32 Å². The molecular weight excluding hydrogens is 282 g/mol. The highest BCUT2D eigenvalue weighted by Gasteiger charge is 2.16. The molecule has 3 N–H and O–H groups in total. The summed E-state index contributed by atoms with van der Waals surface area (Å²) in [5.74, 6) is -0.601. The number of carbonyl (C=O) groups excluding carboxylic acids is 2. The molecular formula is C15H13N5O2. The number of nitrogens with zero attached hydrogens (tertiary/aromatic N) is 3. The molecule has 0 aliphatic carbocycles. The average molecular weight is 295 g/mol. The number of amides is 2. The highest BCUT2D eigenvalue weighted by atomic mass is 16.2. The van der Waals surface area contributed by atoms with Crippen molar-refractivity contribution in [2.24, 2.45) is 5.73 Å². The topological polar surface area (TPSA) is 102 Å². The number of rotatable bonds is 3. The summed E-state index contributed by atoms with van der Waals surface area (Å²) in [6.45, 7) is 1.75. The van der Waals surface area contributed by atoms with E-state index in [2.05, 4.69) is 15.3 Å². The largest absolute Gasteiger partial charge is 0.366 e. The predicted octanol–water partition coefficient (Wildman–Crippen LogP) is 1.39. The van der Waals surface area contributed by atoms with E-state index < -0.39 is 11.8 Å². The molecule has 0 bridgehead atoms. The molecule has 2 heterocycles. The average Bonchev–Trinajstić information content (AvgIpc) is 2.91. The van der Waals surface area contributed by atoms with Gasteiger partial charge in [-0.25, -0.2) is 9.97 Å². The Bertz CT molecular complexity index is 852. The number of fused-ring (bicyclic) bond motifs is 1. The molecule has 110 valence electrons. The van der Waals surface area contributed by atoms with Gasteiger partial charge in [0.1, 0.15) is 5.69 Å². The maximum atomic E-state index is 12.3. The molecule has 22 heavy (non-hydrogen) atoms. The number of hydrogen-bond donors (Lipinski definition) is 2. The first kappa shape index (κ1) is 13.7. The molecule has 3 rings (SSSR count). The zero-order valence-electron chi connectivity index (χ0n) is 11.8. The van der Waals surface area contributed by atoms with Gasteiger partial charge in [0.2, 0.25) is 5.78 Å². The van der Waals surface area contributed by atoms with E-state index in [1.54, 1.807) is 54.2 Å².